The number of nitrogen functional groups attached to an aromatic ring is 1. The lowest BCUT2D eigenvalue weighted by Crippen LogP contribution is -2.38. The molecule has 0 fully saturated rings. The first-order valence-corrected chi connectivity index (χ1v) is 6.21. The third kappa shape index (κ3) is 3.40. The van der Waals surface area contributed by atoms with Crippen molar-refractivity contribution in [3.8, 4) is 0 Å². The van der Waals surface area contributed by atoms with Crippen LogP contribution in [0.5, 0.6) is 0 Å². The van der Waals surface area contributed by atoms with E-state index >= 15 is 0 Å². The molecule has 1 unspecified atom stereocenters. The second-order valence-electron chi connectivity index (χ2n) is 4.93. The molecule has 20 heavy (non-hydrogen) atoms. The van der Waals surface area contributed by atoms with Crippen LogP contribution in [0.1, 0.15) is 20.3 Å². The topological polar surface area (TPSA) is 119 Å². The number of aromatic nitrogens is 2. The highest BCUT2D eigenvalue weighted by atomic mass is 16.5. The molecule has 112 valence electrons. The minimum atomic E-state index is -0.707. The van der Waals surface area contributed by atoms with Gasteiger partial charge in [0.05, 0.1) is 7.11 Å². The summed E-state index contributed by atoms with van der Waals surface area (Å²) in [6.07, 6.45) is 0.467. The van der Waals surface area contributed by atoms with Crippen LogP contribution < -0.4 is 22.3 Å². The van der Waals surface area contributed by atoms with Gasteiger partial charge in [0.25, 0.3) is 5.56 Å². The number of esters is 1. The number of nitrogens with zero attached hydrogens (tertiary/aromatic N) is 1. The Hall–Kier alpha value is -2.25. The van der Waals surface area contributed by atoms with Crippen molar-refractivity contribution in [1.82, 2.24) is 9.55 Å². The predicted molar refractivity (Wildman–Crippen MR) is 75.6 cm³/mol. The van der Waals surface area contributed by atoms with E-state index in [1.165, 1.54) is 14.2 Å². The van der Waals surface area contributed by atoms with Crippen molar-refractivity contribution in [2.45, 2.75) is 26.3 Å². The maximum Gasteiger partial charge on any atom is 0.329 e. The van der Waals surface area contributed by atoms with E-state index in [0.29, 0.717) is 6.42 Å². The number of ether oxygens (including phenoxy) is 1. The van der Waals surface area contributed by atoms with Gasteiger partial charge in [0.1, 0.15) is 17.5 Å². The van der Waals surface area contributed by atoms with E-state index in [4.69, 9.17) is 10.5 Å². The zero-order chi connectivity index (χ0) is 15.4. The van der Waals surface area contributed by atoms with Gasteiger partial charge in [0.2, 0.25) is 0 Å². The first-order valence-electron chi connectivity index (χ1n) is 6.21. The van der Waals surface area contributed by atoms with Crippen LogP contribution in [-0.2, 0) is 16.6 Å². The molecular weight excluding hydrogens is 264 g/mol. The van der Waals surface area contributed by atoms with Crippen molar-refractivity contribution in [2.24, 2.45) is 13.0 Å². The summed E-state index contributed by atoms with van der Waals surface area (Å²) in [6, 6.07) is -0.707. The minimum Gasteiger partial charge on any atom is -0.467 e. The fourth-order valence-electron chi connectivity index (χ4n) is 1.78. The number of hydrogen-bond acceptors (Lipinski definition) is 6. The summed E-state index contributed by atoms with van der Waals surface area (Å²) in [7, 11) is 2.69. The number of methoxy groups -OCH3 is 1. The third-order valence-electron chi connectivity index (χ3n) is 2.88. The van der Waals surface area contributed by atoms with Crippen LogP contribution >= 0.6 is 0 Å². The van der Waals surface area contributed by atoms with Gasteiger partial charge in [-0.15, -0.1) is 0 Å². The first-order chi connectivity index (χ1) is 9.27. The zero-order valence-electron chi connectivity index (χ0n) is 12.0. The Morgan fingerprint density at radius 3 is 2.55 bits per heavy atom. The Morgan fingerprint density at radius 2 is 2.05 bits per heavy atom. The molecule has 0 saturated heterocycles. The van der Waals surface area contributed by atoms with Crippen LogP contribution in [0.25, 0.3) is 0 Å². The second-order valence-corrected chi connectivity index (χ2v) is 4.93. The van der Waals surface area contributed by atoms with Crippen LogP contribution in [0.4, 0.5) is 11.5 Å². The van der Waals surface area contributed by atoms with Crippen molar-refractivity contribution in [1.29, 1.82) is 0 Å². The zero-order valence-corrected chi connectivity index (χ0v) is 12.0. The highest BCUT2D eigenvalue weighted by Crippen LogP contribution is 2.15. The summed E-state index contributed by atoms with van der Waals surface area (Å²) >= 11 is 0. The van der Waals surface area contributed by atoms with Crippen molar-refractivity contribution in [3.63, 3.8) is 0 Å². The molecule has 0 aromatic carbocycles. The van der Waals surface area contributed by atoms with Crippen molar-refractivity contribution >= 4 is 17.5 Å². The van der Waals surface area contributed by atoms with Gasteiger partial charge in [-0.25, -0.2) is 9.59 Å². The van der Waals surface area contributed by atoms with Gasteiger partial charge in [-0.05, 0) is 12.3 Å². The van der Waals surface area contributed by atoms with Gasteiger partial charge in [-0.3, -0.25) is 14.3 Å². The number of rotatable bonds is 5. The van der Waals surface area contributed by atoms with Crippen molar-refractivity contribution in [3.05, 3.63) is 20.8 Å². The van der Waals surface area contributed by atoms with E-state index in [1.54, 1.807) is 0 Å². The molecule has 1 aromatic heterocycles. The lowest BCUT2D eigenvalue weighted by Gasteiger charge is -2.20. The van der Waals surface area contributed by atoms with E-state index in [9.17, 15) is 14.4 Å². The lowest BCUT2D eigenvalue weighted by molar-refractivity contribution is -0.141. The number of H-pyrrole nitrogens is 1. The van der Waals surface area contributed by atoms with Gasteiger partial charge >= 0.3 is 11.7 Å². The van der Waals surface area contributed by atoms with Gasteiger partial charge in [0, 0.05) is 7.05 Å². The first kappa shape index (κ1) is 15.8. The molecule has 8 heteroatoms. The average molecular weight is 284 g/mol. The average Bonchev–Trinajstić information content (AvgIpc) is 2.38. The van der Waals surface area contributed by atoms with Gasteiger partial charge in [-0.2, -0.15) is 0 Å². The molecule has 0 aliphatic carbocycles. The fraction of sp³-hybridized carbons (Fsp3) is 0.583. The monoisotopic (exact) mass is 284 g/mol. The molecule has 0 amide bonds. The number of nitrogens with two attached hydrogens (primary N) is 1. The largest absolute Gasteiger partial charge is 0.467 e. The fourth-order valence-corrected chi connectivity index (χ4v) is 1.78. The molecule has 1 heterocycles. The summed E-state index contributed by atoms with van der Waals surface area (Å²) in [5, 5.41) is 2.76. The summed E-state index contributed by atoms with van der Waals surface area (Å²) in [4.78, 5) is 37.0. The Morgan fingerprint density at radius 1 is 1.45 bits per heavy atom. The molecule has 0 aliphatic rings. The van der Waals surface area contributed by atoms with Crippen LogP contribution in [0, 0.1) is 5.92 Å². The smallest absolute Gasteiger partial charge is 0.329 e. The van der Waals surface area contributed by atoms with Crippen LogP contribution in [-0.4, -0.2) is 28.7 Å². The van der Waals surface area contributed by atoms with Crippen LogP contribution in [0.15, 0.2) is 9.59 Å². The Labute approximate surface area is 115 Å². The standard InChI is InChI=1S/C12H20N4O4/c1-6(2)5-7(11(18)20-4)14-8-9(13)16(3)12(19)15-10(8)17/h6-7,14H,5,13H2,1-4H3,(H,15,17,19). The summed E-state index contributed by atoms with van der Waals surface area (Å²) < 4.78 is 5.79. The van der Waals surface area contributed by atoms with E-state index in [1.807, 2.05) is 13.8 Å². The SMILES string of the molecule is COC(=O)C(CC(C)C)Nc1c(N)n(C)c(=O)[nH]c1=O. The molecule has 1 aromatic rings. The Kier molecular flexibility index (Phi) is 4.95. The lowest BCUT2D eigenvalue weighted by atomic mass is 10.0. The molecule has 0 spiro atoms. The van der Waals surface area contributed by atoms with Crippen LogP contribution in [0.3, 0.4) is 0 Å². The van der Waals surface area contributed by atoms with Gasteiger partial charge < -0.3 is 15.8 Å². The molecule has 0 aliphatic heterocycles. The third-order valence-corrected chi connectivity index (χ3v) is 2.88. The maximum atomic E-state index is 11.8. The molecule has 0 saturated carbocycles. The van der Waals surface area contributed by atoms with E-state index in [-0.39, 0.29) is 17.4 Å². The quantitative estimate of drug-likeness (QED) is 0.636. The number of aromatic amines is 1. The molecule has 4 N–H and O–H groups in total. The molecule has 0 bridgehead atoms. The molecular formula is C12H20N4O4. The number of carbonyl (C=O) groups excluding carboxylic acids is 1. The molecule has 1 rings (SSSR count). The van der Waals surface area contributed by atoms with Crippen molar-refractivity contribution in [2.75, 3.05) is 18.2 Å². The maximum absolute atomic E-state index is 11.8. The Bertz CT molecular complexity index is 602. The number of nitrogens with one attached hydrogen (secondary N) is 2. The number of hydrogen-bond donors (Lipinski definition) is 3. The Balaban J connectivity index is 3.18. The molecule has 0 radical (unpaired) electrons. The normalized spacial score (nSPS) is 12.2. The van der Waals surface area contributed by atoms with E-state index in [2.05, 4.69) is 10.3 Å². The highest BCUT2D eigenvalue weighted by molar-refractivity contribution is 5.80. The number of carbonyl (C=O) groups is 1. The van der Waals surface area contributed by atoms with Gasteiger partial charge in [-0.1, -0.05) is 13.8 Å². The second kappa shape index (κ2) is 6.27. The summed E-state index contributed by atoms with van der Waals surface area (Å²) in [5.74, 6) is -0.317. The molecule has 1 atom stereocenters. The van der Waals surface area contributed by atoms with E-state index in [0.717, 1.165) is 4.57 Å². The predicted octanol–water partition coefficient (Wildman–Crippen LogP) is -0.345. The summed E-state index contributed by atoms with van der Waals surface area (Å²) in [6.45, 7) is 3.87. The van der Waals surface area contributed by atoms with Crippen LogP contribution in [0.2, 0.25) is 0 Å². The minimum absolute atomic E-state index is 0.0110. The number of anilines is 2. The highest BCUT2D eigenvalue weighted by Gasteiger charge is 2.23. The van der Waals surface area contributed by atoms with Gasteiger partial charge in [0.15, 0.2) is 0 Å². The summed E-state index contributed by atoms with van der Waals surface area (Å²) in [5.41, 5.74) is 4.44. The molecule has 8 nitrogen and oxygen atoms in total. The van der Waals surface area contributed by atoms with Crippen molar-refractivity contribution < 1.29 is 9.53 Å². The van der Waals surface area contributed by atoms with E-state index < -0.39 is 23.3 Å².